The monoisotopic (exact) mass is 346 g/mol. The highest BCUT2D eigenvalue weighted by atomic mass is 32.1. The highest BCUT2D eigenvalue weighted by Crippen LogP contribution is 2.27. The van der Waals surface area contributed by atoms with Gasteiger partial charge in [0.25, 0.3) is 5.91 Å². The highest BCUT2D eigenvalue weighted by Gasteiger charge is 2.14. The summed E-state index contributed by atoms with van der Waals surface area (Å²) in [7, 11) is 0. The van der Waals surface area contributed by atoms with E-state index in [1.807, 2.05) is 6.07 Å². The van der Waals surface area contributed by atoms with Crippen LogP contribution in [-0.2, 0) is 4.79 Å². The molecule has 0 atom stereocenters. The molecule has 0 saturated carbocycles. The predicted molar refractivity (Wildman–Crippen MR) is 95.3 cm³/mol. The van der Waals surface area contributed by atoms with Crippen LogP contribution in [0.3, 0.4) is 0 Å². The molecular formula is C17H22N4O2S. The molecule has 1 heterocycles. The van der Waals surface area contributed by atoms with Gasteiger partial charge in [-0.2, -0.15) is 0 Å². The smallest absolute Gasteiger partial charge is 0.251 e. The van der Waals surface area contributed by atoms with Gasteiger partial charge in [-0.1, -0.05) is 43.4 Å². The molecule has 0 unspecified atom stereocenters. The number of hydrogen-bond donors (Lipinski definition) is 2. The Kier molecular flexibility index (Phi) is 6.87. The first-order chi connectivity index (χ1) is 11.6. The molecule has 1 aromatic heterocycles. The van der Waals surface area contributed by atoms with Crippen molar-refractivity contribution in [2.75, 3.05) is 11.9 Å². The molecule has 0 spiro atoms. The lowest BCUT2D eigenvalue weighted by Gasteiger charge is -2.06. The number of anilines is 1. The Morgan fingerprint density at radius 1 is 1.12 bits per heavy atom. The van der Waals surface area contributed by atoms with E-state index in [0.717, 1.165) is 17.8 Å². The lowest BCUT2D eigenvalue weighted by atomic mass is 10.1. The second-order valence-corrected chi connectivity index (χ2v) is 6.39. The van der Waals surface area contributed by atoms with E-state index in [4.69, 9.17) is 0 Å². The third-order valence-electron chi connectivity index (χ3n) is 3.70. The van der Waals surface area contributed by atoms with Crippen LogP contribution in [-0.4, -0.2) is 28.6 Å². The third kappa shape index (κ3) is 5.13. The zero-order valence-corrected chi connectivity index (χ0v) is 14.7. The van der Waals surface area contributed by atoms with Crippen molar-refractivity contribution < 1.29 is 9.59 Å². The summed E-state index contributed by atoms with van der Waals surface area (Å²) in [5, 5.41) is 15.1. The molecule has 6 nitrogen and oxygen atoms in total. The fourth-order valence-electron chi connectivity index (χ4n) is 2.25. The summed E-state index contributed by atoms with van der Waals surface area (Å²) >= 11 is 1.41. The van der Waals surface area contributed by atoms with E-state index >= 15 is 0 Å². The van der Waals surface area contributed by atoms with Gasteiger partial charge >= 0.3 is 0 Å². The van der Waals surface area contributed by atoms with E-state index in [1.165, 1.54) is 11.3 Å². The standard InChI is InChI=1S/C17H22N4O2S/c1-3-12(4-2)16-20-21-17(24-16)19-14(22)10-11-18-15(23)13-8-6-5-7-9-13/h5-9,12H,3-4,10-11H2,1-2H3,(H,18,23)(H,19,21,22). The summed E-state index contributed by atoms with van der Waals surface area (Å²) in [6, 6.07) is 8.91. The van der Waals surface area contributed by atoms with Gasteiger partial charge < -0.3 is 10.6 Å². The Hall–Kier alpha value is -2.28. The Morgan fingerprint density at radius 3 is 2.50 bits per heavy atom. The Bertz CT molecular complexity index is 668. The van der Waals surface area contributed by atoms with E-state index in [-0.39, 0.29) is 24.8 Å². The molecule has 0 aliphatic carbocycles. The van der Waals surface area contributed by atoms with Crippen molar-refractivity contribution in [3.05, 3.63) is 40.9 Å². The number of amides is 2. The fraction of sp³-hybridized carbons (Fsp3) is 0.412. The van der Waals surface area contributed by atoms with Crippen molar-refractivity contribution in [2.24, 2.45) is 0 Å². The van der Waals surface area contributed by atoms with Gasteiger partial charge in [0, 0.05) is 24.4 Å². The fourth-order valence-corrected chi connectivity index (χ4v) is 3.28. The van der Waals surface area contributed by atoms with E-state index in [2.05, 4.69) is 34.7 Å². The number of carbonyl (C=O) groups excluding carboxylic acids is 2. The number of carbonyl (C=O) groups is 2. The van der Waals surface area contributed by atoms with E-state index in [1.54, 1.807) is 24.3 Å². The highest BCUT2D eigenvalue weighted by molar-refractivity contribution is 7.15. The van der Waals surface area contributed by atoms with Crippen LogP contribution in [0.5, 0.6) is 0 Å². The number of nitrogens with one attached hydrogen (secondary N) is 2. The Balaban J connectivity index is 1.76. The molecule has 0 aliphatic heterocycles. The largest absolute Gasteiger partial charge is 0.352 e. The number of aromatic nitrogens is 2. The molecule has 0 saturated heterocycles. The van der Waals surface area contributed by atoms with Gasteiger partial charge in [-0.3, -0.25) is 9.59 Å². The summed E-state index contributed by atoms with van der Waals surface area (Å²) in [5.41, 5.74) is 0.580. The molecule has 0 aliphatic rings. The van der Waals surface area contributed by atoms with Gasteiger partial charge in [-0.25, -0.2) is 0 Å². The maximum absolute atomic E-state index is 11.9. The minimum Gasteiger partial charge on any atom is -0.352 e. The van der Waals surface area contributed by atoms with Crippen molar-refractivity contribution in [3.63, 3.8) is 0 Å². The van der Waals surface area contributed by atoms with Crippen LogP contribution in [0.15, 0.2) is 30.3 Å². The molecule has 2 rings (SSSR count). The number of hydrogen-bond acceptors (Lipinski definition) is 5. The quantitative estimate of drug-likeness (QED) is 0.769. The van der Waals surface area contributed by atoms with Crippen molar-refractivity contribution in [2.45, 2.75) is 39.0 Å². The maximum Gasteiger partial charge on any atom is 0.251 e. The van der Waals surface area contributed by atoms with Crippen molar-refractivity contribution in [1.29, 1.82) is 0 Å². The molecule has 2 aromatic rings. The van der Waals surface area contributed by atoms with Crippen LogP contribution >= 0.6 is 11.3 Å². The van der Waals surface area contributed by atoms with E-state index in [0.29, 0.717) is 16.6 Å². The lowest BCUT2D eigenvalue weighted by Crippen LogP contribution is -2.27. The number of rotatable bonds is 8. The molecule has 1 aromatic carbocycles. The first-order valence-electron chi connectivity index (χ1n) is 8.10. The van der Waals surface area contributed by atoms with Gasteiger partial charge in [0.15, 0.2) is 0 Å². The van der Waals surface area contributed by atoms with Crippen LogP contribution in [0.2, 0.25) is 0 Å². The number of nitrogens with zero attached hydrogens (tertiary/aromatic N) is 2. The summed E-state index contributed by atoms with van der Waals surface area (Å²) in [6.07, 6.45) is 2.20. The molecule has 0 radical (unpaired) electrons. The topological polar surface area (TPSA) is 84.0 Å². The average Bonchev–Trinajstić information content (AvgIpc) is 3.05. The maximum atomic E-state index is 11.9. The van der Waals surface area contributed by atoms with E-state index in [9.17, 15) is 9.59 Å². The molecule has 2 amide bonds. The summed E-state index contributed by atoms with van der Waals surface area (Å²) < 4.78 is 0. The molecule has 128 valence electrons. The zero-order valence-electron chi connectivity index (χ0n) is 13.9. The minimum absolute atomic E-state index is 0.185. The van der Waals surface area contributed by atoms with Crippen LogP contribution in [0.25, 0.3) is 0 Å². The lowest BCUT2D eigenvalue weighted by molar-refractivity contribution is -0.116. The minimum atomic E-state index is -0.185. The van der Waals surface area contributed by atoms with Crippen LogP contribution < -0.4 is 10.6 Å². The molecule has 0 fully saturated rings. The third-order valence-corrected chi connectivity index (χ3v) is 4.70. The molecular weight excluding hydrogens is 324 g/mol. The van der Waals surface area contributed by atoms with Crippen LogP contribution in [0.1, 0.15) is 54.4 Å². The van der Waals surface area contributed by atoms with Crippen LogP contribution in [0, 0.1) is 0 Å². The van der Waals surface area contributed by atoms with Gasteiger partial charge in [-0.05, 0) is 25.0 Å². The van der Waals surface area contributed by atoms with Crippen molar-refractivity contribution >= 4 is 28.3 Å². The molecule has 7 heteroatoms. The van der Waals surface area contributed by atoms with Crippen molar-refractivity contribution in [1.82, 2.24) is 15.5 Å². The second-order valence-electron chi connectivity index (χ2n) is 5.38. The second kappa shape index (κ2) is 9.12. The predicted octanol–water partition coefficient (Wildman–Crippen LogP) is 3.20. The van der Waals surface area contributed by atoms with E-state index < -0.39 is 0 Å². The van der Waals surface area contributed by atoms with Gasteiger partial charge in [0.2, 0.25) is 11.0 Å². The molecule has 2 N–H and O–H groups in total. The van der Waals surface area contributed by atoms with Crippen molar-refractivity contribution in [3.8, 4) is 0 Å². The molecule has 0 bridgehead atoms. The average molecular weight is 346 g/mol. The summed E-state index contributed by atoms with van der Waals surface area (Å²) in [6.45, 7) is 4.50. The Labute approximate surface area is 145 Å². The Morgan fingerprint density at radius 2 is 1.83 bits per heavy atom. The summed E-state index contributed by atoms with van der Waals surface area (Å²) in [4.78, 5) is 23.8. The first-order valence-corrected chi connectivity index (χ1v) is 8.92. The van der Waals surface area contributed by atoms with Gasteiger partial charge in [0.1, 0.15) is 5.01 Å². The van der Waals surface area contributed by atoms with Gasteiger partial charge in [0.05, 0.1) is 0 Å². The zero-order chi connectivity index (χ0) is 17.4. The number of benzene rings is 1. The normalized spacial score (nSPS) is 10.6. The van der Waals surface area contributed by atoms with Crippen LogP contribution in [0.4, 0.5) is 5.13 Å². The SMILES string of the molecule is CCC(CC)c1nnc(NC(=O)CCNC(=O)c2ccccc2)s1. The first kappa shape index (κ1) is 18.1. The van der Waals surface area contributed by atoms with Gasteiger partial charge in [-0.15, -0.1) is 10.2 Å². The molecule has 24 heavy (non-hydrogen) atoms. The summed E-state index contributed by atoms with van der Waals surface area (Å²) in [5.74, 6) is 0.0178.